The van der Waals surface area contributed by atoms with E-state index in [0.29, 0.717) is 23.1 Å². The van der Waals surface area contributed by atoms with Crippen LogP contribution >= 0.6 is 0 Å². The van der Waals surface area contributed by atoms with Crippen molar-refractivity contribution in [3.8, 4) is 17.0 Å². The van der Waals surface area contributed by atoms with Crippen molar-refractivity contribution in [3.63, 3.8) is 0 Å². The van der Waals surface area contributed by atoms with E-state index >= 15 is 0 Å². The fourth-order valence-electron chi connectivity index (χ4n) is 2.92. The Morgan fingerprint density at radius 2 is 1.79 bits per heavy atom. The van der Waals surface area contributed by atoms with Crippen molar-refractivity contribution in [2.75, 3.05) is 17.9 Å². The Labute approximate surface area is 170 Å². The van der Waals surface area contributed by atoms with Crippen molar-refractivity contribution in [2.24, 2.45) is 0 Å². The summed E-state index contributed by atoms with van der Waals surface area (Å²) in [4.78, 5) is 8.50. The molecule has 7 nitrogen and oxygen atoms in total. The molecule has 3 rings (SSSR count). The highest BCUT2D eigenvalue weighted by molar-refractivity contribution is 7.92. The zero-order valence-corrected chi connectivity index (χ0v) is 17.1. The maximum Gasteiger partial charge on any atom is 0.263 e. The lowest BCUT2D eigenvalue weighted by atomic mass is 10.1. The SMILES string of the molecule is CCc1ccccc1S(=O)(=O)Nc1ncnc(OCCO)c1-c1ccc(C)cc1. The monoisotopic (exact) mass is 413 g/mol. The van der Waals surface area contributed by atoms with Gasteiger partial charge in [0.15, 0.2) is 5.82 Å². The van der Waals surface area contributed by atoms with Crippen LogP contribution in [-0.4, -0.2) is 36.7 Å². The van der Waals surface area contributed by atoms with Crippen molar-refractivity contribution in [2.45, 2.75) is 25.2 Å². The second-order valence-corrected chi connectivity index (χ2v) is 8.06. The average molecular weight is 413 g/mol. The first-order valence-corrected chi connectivity index (χ1v) is 10.7. The van der Waals surface area contributed by atoms with Crippen LogP contribution < -0.4 is 9.46 Å². The molecule has 2 N–H and O–H groups in total. The van der Waals surface area contributed by atoms with E-state index in [1.807, 2.05) is 38.1 Å². The number of benzene rings is 2. The first-order valence-electron chi connectivity index (χ1n) is 9.22. The number of nitrogens with zero attached hydrogens (tertiary/aromatic N) is 2. The van der Waals surface area contributed by atoms with Gasteiger partial charge in [-0.3, -0.25) is 4.72 Å². The van der Waals surface area contributed by atoms with E-state index in [-0.39, 0.29) is 29.8 Å². The lowest BCUT2D eigenvalue weighted by molar-refractivity contribution is 0.197. The molecule has 0 amide bonds. The highest BCUT2D eigenvalue weighted by Crippen LogP contribution is 2.35. The van der Waals surface area contributed by atoms with Crippen LogP contribution in [0.25, 0.3) is 11.1 Å². The summed E-state index contributed by atoms with van der Waals surface area (Å²) in [5.74, 6) is 0.307. The first kappa shape index (κ1) is 20.8. The fraction of sp³-hybridized carbons (Fsp3) is 0.238. The van der Waals surface area contributed by atoms with Crippen LogP contribution in [0, 0.1) is 6.92 Å². The lowest BCUT2D eigenvalue weighted by Gasteiger charge is -2.16. The number of rotatable bonds is 8. The number of aliphatic hydroxyl groups is 1. The maximum absolute atomic E-state index is 13.1. The van der Waals surface area contributed by atoms with Gasteiger partial charge in [0.25, 0.3) is 10.0 Å². The number of hydrogen-bond donors (Lipinski definition) is 2. The Bertz CT molecular complexity index is 1080. The summed E-state index contributed by atoms with van der Waals surface area (Å²) in [5.41, 5.74) is 2.88. The number of ether oxygens (including phenoxy) is 1. The van der Waals surface area contributed by atoms with Gasteiger partial charge in [0.2, 0.25) is 5.88 Å². The molecule has 8 heteroatoms. The molecule has 0 spiro atoms. The standard InChI is InChI=1S/C21H23N3O4S/c1-3-16-6-4-5-7-18(16)29(26,27)24-20-19(17-10-8-15(2)9-11-17)21(23-14-22-20)28-13-12-25/h4-11,14,25H,3,12-13H2,1-2H3,(H,22,23,24). The smallest absolute Gasteiger partial charge is 0.263 e. The minimum absolute atomic E-state index is 0.0285. The van der Waals surface area contributed by atoms with E-state index in [1.165, 1.54) is 6.33 Å². The molecule has 2 aromatic carbocycles. The van der Waals surface area contributed by atoms with E-state index in [9.17, 15) is 8.42 Å². The summed E-state index contributed by atoms with van der Waals surface area (Å²) in [6, 6.07) is 14.3. The van der Waals surface area contributed by atoms with Crippen LogP contribution in [0.4, 0.5) is 5.82 Å². The highest BCUT2D eigenvalue weighted by Gasteiger charge is 2.23. The van der Waals surface area contributed by atoms with E-state index in [0.717, 1.165) is 5.56 Å². The quantitative estimate of drug-likeness (QED) is 0.588. The molecular formula is C21H23N3O4S. The molecule has 0 aliphatic heterocycles. The number of sulfonamides is 1. The van der Waals surface area contributed by atoms with E-state index in [1.54, 1.807) is 24.3 Å². The zero-order chi connectivity index (χ0) is 20.9. The molecule has 0 aliphatic rings. The van der Waals surface area contributed by atoms with Gasteiger partial charge in [-0.25, -0.2) is 18.4 Å². The summed E-state index contributed by atoms with van der Waals surface area (Å²) in [6.07, 6.45) is 1.81. The van der Waals surface area contributed by atoms with Crippen LogP contribution in [0.5, 0.6) is 5.88 Å². The Balaban J connectivity index is 2.10. The normalized spacial score (nSPS) is 11.3. The van der Waals surface area contributed by atoms with Gasteiger partial charge in [-0.05, 0) is 30.5 Å². The van der Waals surface area contributed by atoms with E-state index in [4.69, 9.17) is 9.84 Å². The van der Waals surface area contributed by atoms with Gasteiger partial charge in [-0.2, -0.15) is 0 Å². The molecule has 0 saturated heterocycles. The summed E-state index contributed by atoms with van der Waals surface area (Å²) >= 11 is 0. The molecule has 0 unspecified atom stereocenters. The predicted molar refractivity (Wildman–Crippen MR) is 111 cm³/mol. The van der Waals surface area contributed by atoms with Gasteiger partial charge in [-0.1, -0.05) is 55.0 Å². The Kier molecular flexibility index (Phi) is 6.46. The Hall–Kier alpha value is -2.97. The Morgan fingerprint density at radius 1 is 1.07 bits per heavy atom. The molecule has 3 aromatic rings. The molecule has 1 aromatic heterocycles. The summed E-state index contributed by atoms with van der Waals surface area (Å²) in [7, 11) is -3.88. The summed E-state index contributed by atoms with van der Waals surface area (Å²) < 4.78 is 34.3. The van der Waals surface area contributed by atoms with Crippen LogP contribution in [-0.2, 0) is 16.4 Å². The molecule has 0 fully saturated rings. The average Bonchev–Trinajstić information content (AvgIpc) is 2.73. The number of aryl methyl sites for hydroxylation is 2. The van der Waals surface area contributed by atoms with Crippen molar-refractivity contribution < 1.29 is 18.3 Å². The number of aromatic nitrogens is 2. The molecule has 0 atom stereocenters. The van der Waals surface area contributed by atoms with E-state index in [2.05, 4.69) is 14.7 Å². The topological polar surface area (TPSA) is 101 Å². The van der Waals surface area contributed by atoms with Gasteiger partial charge >= 0.3 is 0 Å². The van der Waals surface area contributed by atoms with Crippen molar-refractivity contribution in [3.05, 3.63) is 66.0 Å². The third kappa shape index (κ3) is 4.72. The fourth-order valence-corrected chi connectivity index (χ4v) is 4.25. The molecule has 0 aliphatic carbocycles. The minimum atomic E-state index is -3.88. The van der Waals surface area contributed by atoms with Gasteiger partial charge in [0, 0.05) is 0 Å². The van der Waals surface area contributed by atoms with Gasteiger partial charge in [0.1, 0.15) is 12.9 Å². The van der Waals surface area contributed by atoms with Crippen LogP contribution in [0.1, 0.15) is 18.1 Å². The Morgan fingerprint density at radius 3 is 2.48 bits per heavy atom. The zero-order valence-electron chi connectivity index (χ0n) is 16.3. The molecular weight excluding hydrogens is 390 g/mol. The molecule has 1 heterocycles. The number of hydrogen-bond acceptors (Lipinski definition) is 6. The molecule has 0 radical (unpaired) electrons. The van der Waals surface area contributed by atoms with Crippen molar-refractivity contribution >= 4 is 15.8 Å². The summed E-state index contributed by atoms with van der Waals surface area (Å²) in [6.45, 7) is 3.69. The largest absolute Gasteiger partial charge is 0.475 e. The van der Waals surface area contributed by atoms with Gasteiger partial charge < -0.3 is 9.84 Å². The number of aliphatic hydroxyl groups excluding tert-OH is 1. The van der Waals surface area contributed by atoms with Gasteiger partial charge in [-0.15, -0.1) is 0 Å². The number of anilines is 1. The van der Waals surface area contributed by atoms with E-state index < -0.39 is 10.0 Å². The number of nitrogens with one attached hydrogen (secondary N) is 1. The molecule has 152 valence electrons. The third-order valence-corrected chi connectivity index (χ3v) is 5.80. The van der Waals surface area contributed by atoms with Gasteiger partial charge in [0.05, 0.1) is 17.1 Å². The lowest BCUT2D eigenvalue weighted by Crippen LogP contribution is -2.17. The first-order chi connectivity index (χ1) is 14.0. The minimum Gasteiger partial charge on any atom is -0.475 e. The summed E-state index contributed by atoms with van der Waals surface area (Å²) in [5, 5.41) is 9.11. The third-order valence-electron chi connectivity index (χ3n) is 4.36. The van der Waals surface area contributed by atoms with Crippen molar-refractivity contribution in [1.29, 1.82) is 0 Å². The van der Waals surface area contributed by atoms with Crippen LogP contribution in [0.2, 0.25) is 0 Å². The molecule has 0 saturated carbocycles. The van der Waals surface area contributed by atoms with Crippen LogP contribution in [0.15, 0.2) is 59.8 Å². The second kappa shape index (κ2) is 9.02. The second-order valence-electron chi connectivity index (χ2n) is 6.41. The van der Waals surface area contributed by atoms with Crippen LogP contribution in [0.3, 0.4) is 0 Å². The maximum atomic E-state index is 13.1. The van der Waals surface area contributed by atoms with Crippen molar-refractivity contribution in [1.82, 2.24) is 9.97 Å². The predicted octanol–water partition coefficient (Wildman–Crippen LogP) is 3.19. The molecule has 29 heavy (non-hydrogen) atoms. The molecule has 0 bridgehead atoms. The highest BCUT2D eigenvalue weighted by atomic mass is 32.2.